The van der Waals surface area contributed by atoms with Gasteiger partial charge in [0.1, 0.15) is 0 Å². The smallest absolute Gasteiger partial charge is 0.00969 e. The summed E-state index contributed by atoms with van der Waals surface area (Å²) in [5.74, 6) is 1.30. The highest BCUT2D eigenvalue weighted by Gasteiger charge is 2.29. The summed E-state index contributed by atoms with van der Waals surface area (Å²) in [6.07, 6.45) is 4.64. The van der Waals surface area contributed by atoms with Crippen LogP contribution in [-0.2, 0) is 0 Å². The second-order valence-corrected chi connectivity index (χ2v) is 5.23. The first-order valence-corrected chi connectivity index (χ1v) is 6.30. The maximum atomic E-state index is 3.90. The Morgan fingerprint density at radius 3 is 2.31 bits per heavy atom. The average molecular weight is 247 g/mol. The zero-order valence-electron chi connectivity index (χ0n) is 9.44. The van der Waals surface area contributed by atoms with Gasteiger partial charge in [-0.3, -0.25) is 0 Å². The van der Waals surface area contributed by atoms with Gasteiger partial charge in [0.15, 0.2) is 0 Å². The fourth-order valence-corrected chi connectivity index (χ4v) is 2.68. The van der Waals surface area contributed by atoms with Crippen molar-refractivity contribution in [2.24, 2.45) is 17.3 Å². The van der Waals surface area contributed by atoms with Crippen molar-refractivity contribution in [2.45, 2.75) is 40.5 Å². The van der Waals surface area contributed by atoms with Crippen molar-refractivity contribution >= 4 is 15.9 Å². The Morgan fingerprint density at radius 1 is 1.46 bits per heavy atom. The maximum Gasteiger partial charge on any atom is 0.00969 e. The molecule has 0 saturated carbocycles. The van der Waals surface area contributed by atoms with Gasteiger partial charge < -0.3 is 0 Å². The summed E-state index contributed by atoms with van der Waals surface area (Å²) < 4.78 is 0. The Labute approximate surface area is 91.9 Å². The number of alkyl halides is 1. The van der Waals surface area contributed by atoms with E-state index >= 15 is 0 Å². The predicted octanol–water partition coefficient (Wildman–Crippen LogP) is 4.65. The molecule has 0 aliphatic heterocycles. The lowest BCUT2D eigenvalue weighted by Gasteiger charge is -2.35. The largest absolute Gasteiger partial charge is 0.103 e. The normalized spacial score (nSPS) is 16.7. The minimum absolute atomic E-state index is 0.432. The van der Waals surface area contributed by atoms with Gasteiger partial charge in [0, 0.05) is 5.33 Å². The number of hydrogen-bond donors (Lipinski definition) is 0. The van der Waals surface area contributed by atoms with Gasteiger partial charge in [-0.25, -0.2) is 0 Å². The molecule has 1 heteroatoms. The summed E-state index contributed by atoms with van der Waals surface area (Å²) in [5, 5.41) is 1.03. The molecule has 13 heavy (non-hydrogen) atoms. The Balaban J connectivity index is 4.35. The molecular weight excluding hydrogens is 224 g/mol. The summed E-state index contributed by atoms with van der Waals surface area (Å²) in [4.78, 5) is 0. The molecule has 0 spiro atoms. The summed E-state index contributed by atoms with van der Waals surface area (Å²) in [6.45, 7) is 13.2. The topological polar surface area (TPSA) is 0 Å². The van der Waals surface area contributed by atoms with Gasteiger partial charge in [0.25, 0.3) is 0 Å². The Hall–Kier alpha value is 0.220. The summed E-state index contributed by atoms with van der Waals surface area (Å²) in [6, 6.07) is 0. The van der Waals surface area contributed by atoms with E-state index in [1.54, 1.807) is 0 Å². The minimum atomic E-state index is 0.432. The maximum absolute atomic E-state index is 3.90. The third-order valence-corrected chi connectivity index (χ3v) is 4.00. The number of halogens is 1. The van der Waals surface area contributed by atoms with Crippen LogP contribution in [0.2, 0.25) is 0 Å². The van der Waals surface area contributed by atoms with Crippen LogP contribution in [0.1, 0.15) is 40.5 Å². The first-order valence-electron chi connectivity index (χ1n) is 5.18. The SMILES string of the molecule is C=CC(CBr)C(C)C(C)(C)CCC. The van der Waals surface area contributed by atoms with Crippen LogP contribution in [0.15, 0.2) is 12.7 Å². The zero-order chi connectivity index (χ0) is 10.5. The Bertz CT molecular complexity index is 149. The van der Waals surface area contributed by atoms with Crippen LogP contribution in [0.5, 0.6) is 0 Å². The van der Waals surface area contributed by atoms with Gasteiger partial charge in [-0.15, -0.1) is 6.58 Å². The van der Waals surface area contributed by atoms with Crippen molar-refractivity contribution in [3.63, 3.8) is 0 Å². The molecule has 0 aliphatic rings. The van der Waals surface area contributed by atoms with Gasteiger partial charge in [0.05, 0.1) is 0 Å². The van der Waals surface area contributed by atoms with Crippen LogP contribution in [0.3, 0.4) is 0 Å². The molecule has 0 radical (unpaired) electrons. The standard InChI is InChI=1S/C12H23Br/c1-6-8-12(4,5)10(3)11(7-2)9-13/h7,10-11H,2,6,8-9H2,1,3-5H3. The molecule has 0 heterocycles. The molecule has 0 fully saturated rings. The van der Waals surface area contributed by atoms with Gasteiger partial charge >= 0.3 is 0 Å². The monoisotopic (exact) mass is 246 g/mol. The molecule has 0 rings (SSSR count). The second-order valence-electron chi connectivity index (χ2n) is 4.58. The molecule has 0 nitrogen and oxygen atoms in total. The number of hydrogen-bond acceptors (Lipinski definition) is 0. The van der Waals surface area contributed by atoms with Gasteiger partial charge in [-0.05, 0) is 23.7 Å². The van der Waals surface area contributed by atoms with E-state index in [1.807, 2.05) is 0 Å². The van der Waals surface area contributed by atoms with E-state index in [0.717, 1.165) is 5.33 Å². The molecule has 0 aromatic rings. The molecule has 0 saturated heterocycles. The molecule has 78 valence electrons. The summed E-state index contributed by atoms with van der Waals surface area (Å²) in [7, 11) is 0. The highest BCUT2D eigenvalue weighted by molar-refractivity contribution is 9.09. The minimum Gasteiger partial charge on any atom is -0.103 e. The molecular formula is C12H23Br. The third-order valence-electron chi connectivity index (χ3n) is 3.25. The van der Waals surface area contributed by atoms with Gasteiger partial charge in [-0.1, -0.05) is 56.1 Å². The number of rotatable bonds is 6. The Morgan fingerprint density at radius 2 is 2.00 bits per heavy atom. The quantitative estimate of drug-likeness (QED) is 0.473. The molecule has 0 aliphatic carbocycles. The van der Waals surface area contributed by atoms with Crippen molar-refractivity contribution in [3.8, 4) is 0 Å². The average Bonchev–Trinajstić information content (AvgIpc) is 2.06. The van der Waals surface area contributed by atoms with Gasteiger partial charge in [0.2, 0.25) is 0 Å². The summed E-state index contributed by atoms with van der Waals surface area (Å²) >= 11 is 3.55. The molecule has 2 unspecified atom stereocenters. The van der Waals surface area contributed by atoms with E-state index in [1.165, 1.54) is 12.8 Å². The van der Waals surface area contributed by atoms with Crippen LogP contribution in [0, 0.1) is 17.3 Å². The molecule has 0 aromatic heterocycles. The van der Waals surface area contributed by atoms with Crippen LogP contribution in [0.4, 0.5) is 0 Å². The van der Waals surface area contributed by atoms with Crippen molar-refractivity contribution in [1.29, 1.82) is 0 Å². The fourth-order valence-electron chi connectivity index (χ4n) is 1.85. The van der Waals surface area contributed by atoms with Crippen molar-refractivity contribution in [2.75, 3.05) is 5.33 Å². The van der Waals surface area contributed by atoms with Gasteiger partial charge in [-0.2, -0.15) is 0 Å². The highest BCUT2D eigenvalue weighted by Crippen LogP contribution is 2.37. The molecule has 0 N–H and O–H groups in total. The zero-order valence-corrected chi connectivity index (χ0v) is 11.0. The van der Waals surface area contributed by atoms with E-state index in [9.17, 15) is 0 Å². The number of allylic oxidation sites excluding steroid dienone is 1. The molecule has 0 aromatic carbocycles. The van der Waals surface area contributed by atoms with E-state index in [-0.39, 0.29) is 0 Å². The molecule has 0 amide bonds. The van der Waals surface area contributed by atoms with Crippen LogP contribution in [-0.4, -0.2) is 5.33 Å². The lowest BCUT2D eigenvalue weighted by molar-refractivity contribution is 0.175. The summed E-state index contributed by atoms with van der Waals surface area (Å²) in [5.41, 5.74) is 0.432. The van der Waals surface area contributed by atoms with E-state index in [0.29, 0.717) is 17.3 Å². The second kappa shape index (κ2) is 5.85. The lowest BCUT2D eigenvalue weighted by Crippen LogP contribution is -2.28. The third kappa shape index (κ3) is 3.84. The lowest BCUT2D eigenvalue weighted by atomic mass is 9.71. The predicted molar refractivity (Wildman–Crippen MR) is 65.3 cm³/mol. The van der Waals surface area contributed by atoms with Crippen LogP contribution < -0.4 is 0 Å². The Kier molecular flexibility index (Phi) is 5.95. The van der Waals surface area contributed by atoms with E-state index in [4.69, 9.17) is 0 Å². The first-order chi connectivity index (χ1) is 5.99. The highest BCUT2D eigenvalue weighted by atomic mass is 79.9. The van der Waals surface area contributed by atoms with Crippen molar-refractivity contribution < 1.29 is 0 Å². The first kappa shape index (κ1) is 13.2. The van der Waals surface area contributed by atoms with Crippen LogP contribution >= 0.6 is 15.9 Å². The van der Waals surface area contributed by atoms with E-state index < -0.39 is 0 Å². The van der Waals surface area contributed by atoms with Crippen molar-refractivity contribution in [3.05, 3.63) is 12.7 Å². The van der Waals surface area contributed by atoms with E-state index in [2.05, 4.69) is 56.3 Å². The fraction of sp³-hybridized carbons (Fsp3) is 0.833. The van der Waals surface area contributed by atoms with Crippen molar-refractivity contribution in [1.82, 2.24) is 0 Å². The molecule has 2 atom stereocenters. The van der Waals surface area contributed by atoms with Crippen LogP contribution in [0.25, 0.3) is 0 Å². The molecule has 0 bridgehead atoms.